The molecule has 19 heavy (non-hydrogen) atoms. The molecule has 0 heterocycles. The Bertz CT molecular complexity index is 371. The predicted molar refractivity (Wildman–Crippen MR) is 84.1 cm³/mol. The number of quaternary nitrogens is 1. The molecular formula is C18H30N+. The Kier molecular flexibility index (Phi) is 7.50. The number of rotatable bonds is 8. The van der Waals surface area contributed by atoms with Crippen molar-refractivity contribution in [2.45, 2.75) is 53.5 Å². The largest absolute Gasteiger partial charge is 0.342 e. The number of allylic oxidation sites excluding steroid dienone is 2. The number of nitrogens with two attached hydrogens (primary N) is 1. The molecule has 0 aliphatic rings. The van der Waals surface area contributed by atoms with E-state index in [0.29, 0.717) is 0 Å². The third-order valence-corrected chi connectivity index (χ3v) is 3.58. The van der Waals surface area contributed by atoms with Crippen molar-refractivity contribution in [3.05, 3.63) is 47.0 Å². The van der Waals surface area contributed by atoms with Crippen LogP contribution < -0.4 is 5.32 Å². The quantitative estimate of drug-likeness (QED) is 0.540. The minimum atomic E-state index is 0.838. The first-order valence-corrected chi connectivity index (χ1v) is 7.58. The molecule has 2 N–H and O–H groups in total. The van der Waals surface area contributed by atoms with E-state index in [0.717, 1.165) is 12.5 Å². The lowest BCUT2D eigenvalue weighted by molar-refractivity contribution is -0.671. The molecule has 106 valence electrons. The molecule has 0 saturated carbocycles. The number of hydrogen-bond donors (Lipinski definition) is 1. The van der Waals surface area contributed by atoms with Gasteiger partial charge < -0.3 is 5.32 Å². The van der Waals surface area contributed by atoms with Gasteiger partial charge in [-0.25, -0.2) is 0 Å². The maximum absolute atomic E-state index is 2.43. The summed E-state index contributed by atoms with van der Waals surface area (Å²) in [5.74, 6) is 0.838. The highest BCUT2D eigenvalue weighted by Gasteiger charge is 2.02. The molecule has 0 aliphatic carbocycles. The monoisotopic (exact) mass is 260 g/mol. The fourth-order valence-electron chi connectivity index (χ4n) is 2.20. The fourth-order valence-corrected chi connectivity index (χ4v) is 2.20. The highest BCUT2D eigenvalue weighted by atomic mass is 14.8. The summed E-state index contributed by atoms with van der Waals surface area (Å²) in [7, 11) is 0. The van der Waals surface area contributed by atoms with E-state index < -0.39 is 0 Å². The van der Waals surface area contributed by atoms with Crippen LogP contribution in [0, 0.1) is 12.8 Å². The average Bonchev–Trinajstić information content (AvgIpc) is 2.36. The molecule has 0 unspecified atom stereocenters. The van der Waals surface area contributed by atoms with E-state index in [1.165, 1.54) is 42.5 Å². The van der Waals surface area contributed by atoms with Crippen molar-refractivity contribution in [1.82, 2.24) is 0 Å². The average molecular weight is 260 g/mol. The van der Waals surface area contributed by atoms with Crippen molar-refractivity contribution in [3.63, 3.8) is 0 Å². The third kappa shape index (κ3) is 7.84. The van der Waals surface area contributed by atoms with Crippen LogP contribution in [0.4, 0.5) is 0 Å². The van der Waals surface area contributed by atoms with Crippen molar-refractivity contribution in [3.8, 4) is 0 Å². The van der Waals surface area contributed by atoms with Gasteiger partial charge in [-0.1, -0.05) is 48.4 Å². The normalized spacial score (nSPS) is 12.2. The first-order chi connectivity index (χ1) is 9.08. The fraction of sp³-hybridized carbons (Fsp3) is 0.556. The molecule has 1 aromatic carbocycles. The van der Waals surface area contributed by atoms with Crippen molar-refractivity contribution < 1.29 is 5.32 Å². The van der Waals surface area contributed by atoms with Crippen LogP contribution in [0.15, 0.2) is 35.9 Å². The van der Waals surface area contributed by atoms with E-state index in [1.807, 2.05) is 0 Å². The van der Waals surface area contributed by atoms with Gasteiger partial charge in [0.1, 0.15) is 6.54 Å². The van der Waals surface area contributed by atoms with Crippen molar-refractivity contribution >= 4 is 0 Å². The molecule has 0 radical (unpaired) electrons. The van der Waals surface area contributed by atoms with E-state index in [4.69, 9.17) is 0 Å². The lowest BCUT2D eigenvalue weighted by Crippen LogP contribution is -2.82. The second kappa shape index (κ2) is 8.92. The van der Waals surface area contributed by atoms with Gasteiger partial charge in [-0.15, -0.1) is 0 Å². The highest BCUT2D eigenvalue weighted by Crippen LogP contribution is 2.10. The Morgan fingerprint density at radius 1 is 1.16 bits per heavy atom. The van der Waals surface area contributed by atoms with Crippen molar-refractivity contribution in [2.24, 2.45) is 5.92 Å². The summed E-state index contributed by atoms with van der Waals surface area (Å²) in [4.78, 5) is 0. The van der Waals surface area contributed by atoms with Crippen LogP contribution in [0.3, 0.4) is 0 Å². The van der Waals surface area contributed by atoms with Crippen LogP contribution in [0.25, 0.3) is 0 Å². The molecule has 0 fully saturated rings. The van der Waals surface area contributed by atoms with E-state index in [9.17, 15) is 0 Å². The summed E-state index contributed by atoms with van der Waals surface area (Å²) in [6.07, 6.45) is 6.24. The van der Waals surface area contributed by atoms with Gasteiger partial charge >= 0.3 is 0 Å². The smallest absolute Gasteiger partial charge is 0.101 e. The predicted octanol–water partition coefficient (Wildman–Crippen LogP) is 3.83. The molecule has 0 aliphatic heterocycles. The highest BCUT2D eigenvalue weighted by molar-refractivity contribution is 5.20. The first kappa shape index (κ1) is 16.0. The van der Waals surface area contributed by atoms with E-state index >= 15 is 0 Å². The standard InChI is InChI=1S/C18H29N/c1-15(2)6-5-7-16(3)12-13-19-14-18-10-8-17(4)9-11-18/h6,8-11,16,19H,5,7,12-14H2,1-4H3/p+1/t16-/m0/s1. The minimum Gasteiger partial charge on any atom is -0.342 e. The van der Waals surface area contributed by atoms with Gasteiger partial charge in [-0.2, -0.15) is 0 Å². The Balaban J connectivity index is 2.10. The first-order valence-electron chi connectivity index (χ1n) is 7.58. The zero-order chi connectivity index (χ0) is 14.1. The number of aryl methyl sites for hydroxylation is 1. The minimum absolute atomic E-state index is 0.838. The molecule has 0 aromatic heterocycles. The Labute approximate surface area is 119 Å². The van der Waals surface area contributed by atoms with Gasteiger partial charge in [0, 0.05) is 5.56 Å². The van der Waals surface area contributed by atoms with E-state index in [-0.39, 0.29) is 0 Å². The number of hydrogen-bond acceptors (Lipinski definition) is 0. The molecule has 0 spiro atoms. The zero-order valence-corrected chi connectivity index (χ0v) is 13.1. The summed E-state index contributed by atoms with van der Waals surface area (Å²) in [6, 6.07) is 8.88. The Morgan fingerprint density at radius 3 is 2.47 bits per heavy atom. The van der Waals surface area contributed by atoms with Gasteiger partial charge in [0.2, 0.25) is 0 Å². The lowest BCUT2D eigenvalue weighted by Gasteiger charge is -2.09. The van der Waals surface area contributed by atoms with Gasteiger partial charge in [-0.05, 0) is 46.0 Å². The van der Waals surface area contributed by atoms with Crippen LogP contribution in [0.5, 0.6) is 0 Å². The maximum atomic E-state index is 2.43. The molecule has 0 amide bonds. The molecule has 1 rings (SSSR count). The summed E-state index contributed by atoms with van der Waals surface area (Å²) in [6.45, 7) is 11.2. The Hall–Kier alpha value is -1.08. The van der Waals surface area contributed by atoms with Crippen LogP contribution in [0.2, 0.25) is 0 Å². The molecule has 1 atom stereocenters. The van der Waals surface area contributed by atoms with Crippen molar-refractivity contribution in [2.75, 3.05) is 6.54 Å². The molecule has 1 nitrogen and oxygen atoms in total. The zero-order valence-electron chi connectivity index (χ0n) is 13.1. The number of benzene rings is 1. The molecule has 0 saturated heterocycles. The second-order valence-electron chi connectivity index (χ2n) is 6.02. The maximum Gasteiger partial charge on any atom is 0.101 e. The van der Waals surface area contributed by atoms with Crippen LogP contribution in [-0.4, -0.2) is 6.54 Å². The summed E-state index contributed by atoms with van der Waals surface area (Å²) < 4.78 is 0. The molecule has 1 aromatic rings. The summed E-state index contributed by atoms with van der Waals surface area (Å²) >= 11 is 0. The molecular weight excluding hydrogens is 230 g/mol. The molecule has 0 bridgehead atoms. The molecule has 1 heteroatoms. The van der Waals surface area contributed by atoms with Crippen molar-refractivity contribution in [1.29, 1.82) is 0 Å². The Morgan fingerprint density at radius 2 is 1.84 bits per heavy atom. The van der Waals surface area contributed by atoms with Crippen LogP contribution in [-0.2, 0) is 6.54 Å². The lowest BCUT2D eigenvalue weighted by atomic mass is 10.0. The second-order valence-corrected chi connectivity index (χ2v) is 6.02. The van der Waals surface area contributed by atoms with Gasteiger partial charge in [0.15, 0.2) is 0 Å². The third-order valence-electron chi connectivity index (χ3n) is 3.58. The van der Waals surface area contributed by atoms with Gasteiger partial charge in [0.25, 0.3) is 0 Å². The van der Waals surface area contributed by atoms with Crippen LogP contribution in [0.1, 0.15) is 51.2 Å². The summed E-state index contributed by atoms with van der Waals surface area (Å²) in [5.41, 5.74) is 4.22. The summed E-state index contributed by atoms with van der Waals surface area (Å²) in [5, 5.41) is 2.43. The van der Waals surface area contributed by atoms with Gasteiger partial charge in [0.05, 0.1) is 6.54 Å². The van der Waals surface area contributed by atoms with E-state index in [2.05, 4.69) is 63.4 Å². The SMILES string of the molecule is CC(C)=CCC[C@H](C)CC[NH2+]Cc1ccc(C)cc1. The van der Waals surface area contributed by atoms with E-state index in [1.54, 1.807) is 0 Å². The topological polar surface area (TPSA) is 16.6 Å². The van der Waals surface area contributed by atoms with Crippen LogP contribution >= 0.6 is 0 Å². The van der Waals surface area contributed by atoms with Gasteiger partial charge in [-0.3, -0.25) is 0 Å².